The topological polar surface area (TPSA) is 71.5 Å². The Morgan fingerprint density at radius 1 is 1.08 bits per heavy atom. The van der Waals surface area contributed by atoms with E-state index in [1.807, 2.05) is 6.07 Å². The van der Waals surface area contributed by atoms with Crippen molar-refractivity contribution < 1.29 is 14.3 Å². The van der Waals surface area contributed by atoms with Crippen molar-refractivity contribution in [3.63, 3.8) is 0 Å². The molecule has 2 amide bonds. The highest BCUT2D eigenvalue weighted by molar-refractivity contribution is 7.09. The molecular formula is C30H33N3O3S. The summed E-state index contributed by atoms with van der Waals surface area (Å²) in [6.45, 7) is 3.14. The minimum atomic E-state index is -0.112. The second-order valence-electron chi connectivity index (χ2n) is 10.6. The van der Waals surface area contributed by atoms with E-state index in [1.165, 1.54) is 22.5 Å². The van der Waals surface area contributed by atoms with Gasteiger partial charge in [-0.1, -0.05) is 48.7 Å². The SMILES string of the molecule is Cc1ccc([C@@H]2c3cc(OCc4nc(C(=O)NC5CC5)cs4)ccc3CCN2C(=O)C2CCCC2)cc1. The first-order chi connectivity index (χ1) is 18.0. The average Bonchev–Trinajstić information content (AvgIpc) is 3.35. The third-order valence-corrected chi connectivity index (χ3v) is 8.61. The summed E-state index contributed by atoms with van der Waals surface area (Å²) in [6, 6.07) is 15.0. The maximum atomic E-state index is 13.6. The molecule has 1 atom stereocenters. The molecule has 0 saturated heterocycles. The zero-order valence-electron chi connectivity index (χ0n) is 21.2. The first-order valence-corrected chi connectivity index (χ1v) is 14.3. The highest BCUT2D eigenvalue weighted by Crippen LogP contribution is 2.40. The van der Waals surface area contributed by atoms with Crippen LogP contribution in [0, 0.1) is 12.8 Å². The van der Waals surface area contributed by atoms with Gasteiger partial charge >= 0.3 is 0 Å². The van der Waals surface area contributed by atoms with E-state index in [0.29, 0.717) is 24.2 Å². The van der Waals surface area contributed by atoms with Crippen LogP contribution in [-0.4, -0.2) is 34.3 Å². The Morgan fingerprint density at radius 3 is 2.62 bits per heavy atom. The number of aromatic nitrogens is 1. The van der Waals surface area contributed by atoms with E-state index >= 15 is 0 Å². The van der Waals surface area contributed by atoms with Gasteiger partial charge in [-0.05, 0) is 67.9 Å². The van der Waals surface area contributed by atoms with Gasteiger partial charge in [-0.3, -0.25) is 9.59 Å². The largest absolute Gasteiger partial charge is 0.486 e. The first kappa shape index (κ1) is 24.2. The van der Waals surface area contributed by atoms with Crippen molar-refractivity contribution >= 4 is 23.2 Å². The number of carbonyl (C=O) groups is 2. The van der Waals surface area contributed by atoms with Gasteiger partial charge in [0.2, 0.25) is 5.91 Å². The van der Waals surface area contributed by atoms with Crippen LogP contribution in [0.5, 0.6) is 5.75 Å². The van der Waals surface area contributed by atoms with Crippen molar-refractivity contribution in [2.45, 2.75) is 70.6 Å². The molecule has 192 valence electrons. The molecule has 0 radical (unpaired) electrons. The molecule has 1 N–H and O–H groups in total. The van der Waals surface area contributed by atoms with Gasteiger partial charge in [0, 0.05) is 23.9 Å². The molecular weight excluding hydrogens is 482 g/mol. The van der Waals surface area contributed by atoms with Gasteiger partial charge in [0.1, 0.15) is 23.1 Å². The molecule has 2 fully saturated rings. The van der Waals surface area contributed by atoms with Crippen molar-refractivity contribution in [2.24, 2.45) is 5.92 Å². The summed E-state index contributed by atoms with van der Waals surface area (Å²) in [5, 5.41) is 5.55. The lowest BCUT2D eigenvalue weighted by molar-refractivity contribution is -0.137. The average molecular weight is 516 g/mol. The lowest BCUT2D eigenvalue weighted by Gasteiger charge is -2.39. The molecule has 3 aliphatic rings. The fourth-order valence-electron chi connectivity index (χ4n) is 5.55. The Morgan fingerprint density at radius 2 is 1.86 bits per heavy atom. The lowest BCUT2D eigenvalue weighted by atomic mass is 9.86. The molecule has 1 aliphatic heterocycles. The van der Waals surface area contributed by atoms with Crippen LogP contribution in [0.3, 0.4) is 0 Å². The maximum Gasteiger partial charge on any atom is 0.270 e. The molecule has 2 heterocycles. The van der Waals surface area contributed by atoms with Crippen molar-refractivity contribution in [1.29, 1.82) is 0 Å². The predicted octanol–water partition coefficient (Wildman–Crippen LogP) is 5.59. The van der Waals surface area contributed by atoms with Crippen LogP contribution in [0.2, 0.25) is 0 Å². The van der Waals surface area contributed by atoms with Gasteiger partial charge in [-0.15, -0.1) is 11.3 Å². The number of hydrogen-bond donors (Lipinski definition) is 1. The number of benzene rings is 2. The lowest BCUT2D eigenvalue weighted by Crippen LogP contribution is -2.43. The smallest absolute Gasteiger partial charge is 0.270 e. The summed E-state index contributed by atoms with van der Waals surface area (Å²) in [7, 11) is 0. The van der Waals surface area contributed by atoms with Crippen LogP contribution in [0.1, 0.15) is 82.3 Å². The van der Waals surface area contributed by atoms with Crippen LogP contribution < -0.4 is 10.1 Å². The predicted molar refractivity (Wildman–Crippen MR) is 144 cm³/mol. The van der Waals surface area contributed by atoms with E-state index < -0.39 is 0 Å². The highest BCUT2D eigenvalue weighted by atomic mass is 32.1. The normalized spacial score (nSPS) is 19.5. The third kappa shape index (κ3) is 5.28. The zero-order chi connectivity index (χ0) is 25.4. The van der Waals surface area contributed by atoms with Gasteiger partial charge in [0.15, 0.2) is 0 Å². The van der Waals surface area contributed by atoms with Gasteiger partial charge in [0.25, 0.3) is 5.91 Å². The number of nitrogens with zero attached hydrogens (tertiary/aromatic N) is 2. The number of rotatable bonds is 7. The summed E-state index contributed by atoms with van der Waals surface area (Å²) in [5.74, 6) is 1.09. The second-order valence-corrected chi connectivity index (χ2v) is 11.5. The van der Waals surface area contributed by atoms with Gasteiger partial charge in [-0.25, -0.2) is 4.98 Å². The summed E-state index contributed by atoms with van der Waals surface area (Å²) >= 11 is 1.44. The molecule has 0 unspecified atom stereocenters. The molecule has 0 bridgehead atoms. The highest BCUT2D eigenvalue weighted by Gasteiger charge is 2.36. The van der Waals surface area contributed by atoms with Crippen molar-refractivity contribution in [1.82, 2.24) is 15.2 Å². The molecule has 0 spiro atoms. The zero-order valence-corrected chi connectivity index (χ0v) is 22.1. The van der Waals surface area contributed by atoms with Crippen LogP contribution in [0.25, 0.3) is 0 Å². The summed E-state index contributed by atoms with van der Waals surface area (Å²) in [5.41, 5.74) is 5.21. The minimum absolute atomic E-state index is 0.105. The summed E-state index contributed by atoms with van der Waals surface area (Å²) in [4.78, 5) is 32.5. The first-order valence-electron chi connectivity index (χ1n) is 13.4. The summed E-state index contributed by atoms with van der Waals surface area (Å²) in [6.07, 6.45) is 7.25. The number of carbonyl (C=O) groups excluding carboxylic acids is 2. The molecule has 2 aliphatic carbocycles. The van der Waals surface area contributed by atoms with Crippen LogP contribution >= 0.6 is 11.3 Å². The van der Waals surface area contributed by atoms with E-state index in [-0.39, 0.29) is 17.9 Å². The van der Waals surface area contributed by atoms with Crippen LogP contribution in [0.15, 0.2) is 47.8 Å². The third-order valence-electron chi connectivity index (χ3n) is 7.79. The van der Waals surface area contributed by atoms with Crippen molar-refractivity contribution in [2.75, 3.05) is 6.54 Å². The Labute approximate surface area is 222 Å². The molecule has 37 heavy (non-hydrogen) atoms. The molecule has 7 heteroatoms. The standard InChI is InChI=1S/C30H33N3O3S/c1-19-6-8-21(9-7-19)28-25-16-24(36-17-27-32-26(18-37-27)29(34)31-23-11-12-23)13-10-20(25)14-15-33(28)30(35)22-4-2-3-5-22/h6-10,13,16,18,22-23,28H,2-5,11-12,14-15,17H2,1H3,(H,31,34)/t28-/m1/s1. The second kappa shape index (κ2) is 10.3. The Hall–Kier alpha value is -3.19. The van der Waals surface area contributed by atoms with E-state index in [1.54, 1.807) is 5.38 Å². The Balaban J connectivity index is 1.24. The number of fused-ring (bicyclic) bond motifs is 1. The van der Waals surface area contributed by atoms with Crippen molar-refractivity contribution in [3.05, 3.63) is 80.8 Å². The number of ether oxygens (including phenoxy) is 1. The Bertz CT molecular complexity index is 1290. The number of nitrogens with one attached hydrogen (secondary N) is 1. The fraction of sp³-hybridized carbons (Fsp3) is 0.433. The minimum Gasteiger partial charge on any atom is -0.486 e. The van der Waals surface area contributed by atoms with E-state index in [2.05, 4.69) is 58.5 Å². The van der Waals surface area contributed by atoms with Gasteiger partial charge in [0.05, 0.1) is 6.04 Å². The number of hydrogen-bond acceptors (Lipinski definition) is 5. The van der Waals surface area contributed by atoms with E-state index in [0.717, 1.165) is 73.4 Å². The number of amides is 2. The quantitative estimate of drug-likeness (QED) is 0.446. The molecule has 2 aromatic carbocycles. The molecule has 6 rings (SSSR count). The molecule has 1 aromatic heterocycles. The summed E-state index contributed by atoms with van der Waals surface area (Å²) < 4.78 is 6.16. The maximum absolute atomic E-state index is 13.6. The molecule has 3 aromatic rings. The van der Waals surface area contributed by atoms with E-state index in [9.17, 15) is 9.59 Å². The fourth-order valence-corrected chi connectivity index (χ4v) is 6.23. The molecule has 6 nitrogen and oxygen atoms in total. The van der Waals surface area contributed by atoms with Gasteiger partial charge in [-0.2, -0.15) is 0 Å². The molecule has 2 saturated carbocycles. The van der Waals surface area contributed by atoms with E-state index in [4.69, 9.17) is 4.74 Å². The van der Waals surface area contributed by atoms with Crippen LogP contribution in [0.4, 0.5) is 0 Å². The Kier molecular flexibility index (Phi) is 6.72. The van der Waals surface area contributed by atoms with Gasteiger partial charge < -0.3 is 15.0 Å². The van der Waals surface area contributed by atoms with Crippen molar-refractivity contribution in [3.8, 4) is 5.75 Å². The number of thiazole rings is 1. The van der Waals surface area contributed by atoms with Crippen LogP contribution in [-0.2, 0) is 17.8 Å². The number of aryl methyl sites for hydroxylation is 1. The monoisotopic (exact) mass is 515 g/mol.